The van der Waals surface area contributed by atoms with Crippen molar-refractivity contribution in [1.29, 1.82) is 5.26 Å². The lowest BCUT2D eigenvalue weighted by Crippen LogP contribution is -2.24. The summed E-state index contributed by atoms with van der Waals surface area (Å²) in [5.41, 5.74) is 3.34. The maximum atomic E-state index is 9.16. The van der Waals surface area contributed by atoms with E-state index >= 15 is 0 Å². The monoisotopic (exact) mass is 244 g/mol. The second-order valence-corrected chi connectivity index (χ2v) is 4.89. The molecule has 1 aromatic heterocycles. The molecule has 1 aliphatic rings. The van der Waals surface area contributed by atoms with Gasteiger partial charge in [-0.1, -0.05) is 0 Å². The van der Waals surface area contributed by atoms with E-state index in [9.17, 15) is 0 Å². The van der Waals surface area contributed by atoms with E-state index in [-0.39, 0.29) is 0 Å². The molecular weight excluding hydrogens is 224 g/mol. The van der Waals surface area contributed by atoms with E-state index in [0.717, 1.165) is 36.6 Å². The van der Waals surface area contributed by atoms with Crippen molar-refractivity contribution in [2.75, 3.05) is 18.4 Å². The molecule has 0 bridgehead atoms. The first-order valence-corrected chi connectivity index (χ1v) is 6.56. The topological polar surface area (TPSA) is 60.7 Å². The molecule has 4 nitrogen and oxygen atoms in total. The Hall–Kier alpha value is -1.60. The highest BCUT2D eigenvalue weighted by atomic mass is 15.0. The van der Waals surface area contributed by atoms with Crippen molar-refractivity contribution in [1.82, 2.24) is 10.3 Å². The molecule has 0 saturated carbocycles. The molecule has 1 saturated heterocycles. The van der Waals surface area contributed by atoms with Gasteiger partial charge in [-0.3, -0.25) is 4.98 Å². The van der Waals surface area contributed by atoms with Crippen molar-refractivity contribution in [3.05, 3.63) is 23.0 Å². The first kappa shape index (κ1) is 12.8. The van der Waals surface area contributed by atoms with Crippen LogP contribution in [0.15, 0.2) is 6.07 Å². The largest absolute Gasteiger partial charge is 0.384 e. The van der Waals surface area contributed by atoms with E-state index in [1.54, 1.807) is 0 Å². The lowest BCUT2D eigenvalue weighted by Gasteiger charge is -2.13. The fourth-order valence-electron chi connectivity index (χ4n) is 2.49. The van der Waals surface area contributed by atoms with Crippen molar-refractivity contribution in [2.24, 2.45) is 0 Å². The molecular formula is C14H20N4. The highest BCUT2D eigenvalue weighted by Gasteiger charge is 2.13. The normalized spacial score (nSPS) is 18.6. The Morgan fingerprint density at radius 2 is 2.39 bits per heavy atom. The van der Waals surface area contributed by atoms with E-state index in [1.807, 2.05) is 19.9 Å². The van der Waals surface area contributed by atoms with Gasteiger partial charge in [-0.2, -0.15) is 5.26 Å². The SMILES string of the molecule is Cc1cc(NCC[C@@H]2CCCN2)c(C#N)c(C)n1. The van der Waals surface area contributed by atoms with Crippen molar-refractivity contribution in [3.63, 3.8) is 0 Å². The summed E-state index contributed by atoms with van der Waals surface area (Å²) < 4.78 is 0. The summed E-state index contributed by atoms with van der Waals surface area (Å²) in [6, 6.07) is 4.81. The summed E-state index contributed by atoms with van der Waals surface area (Å²) in [7, 11) is 0. The smallest absolute Gasteiger partial charge is 0.103 e. The maximum absolute atomic E-state index is 9.16. The molecule has 1 fully saturated rings. The standard InChI is InChI=1S/C14H20N4/c1-10-8-14(13(9-15)11(2)18-10)17-7-5-12-4-3-6-16-12/h8,12,16H,3-7H2,1-2H3,(H,17,18)/t12-/m0/s1. The van der Waals surface area contributed by atoms with Gasteiger partial charge in [0.05, 0.1) is 16.9 Å². The summed E-state index contributed by atoms with van der Waals surface area (Å²) >= 11 is 0. The summed E-state index contributed by atoms with van der Waals surface area (Å²) in [5, 5.41) is 16.0. The van der Waals surface area contributed by atoms with Crippen LogP contribution in [0, 0.1) is 25.2 Å². The van der Waals surface area contributed by atoms with Gasteiger partial charge in [0.1, 0.15) is 6.07 Å². The molecule has 0 amide bonds. The zero-order valence-electron chi connectivity index (χ0n) is 11.1. The number of nitrogens with one attached hydrogen (secondary N) is 2. The second kappa shape index (κ2) is 5.83. The van der Waals surface area contributed by atoms with Gasteiger partial charge < -0.3 is 10.6 Å². The molecule has 2 rings (SSSR count). The zero-order valence-corrected chi connectivity index (χ0v) is 11.1. The molecule has 0 spiro atoms. The number of hydrogen-bond donors (Lipinski definition) is 2. The van der Waals surface area contributed by atoms with Crippen molar-refractivity contribution in [2.45, 2.75) is 39.2 Å². The Bertz CT molecular complexity index is 456. The first-order valence-electron chi connectivity index (χ1n) is 6.56. The molecule has 0 aliphatic carbocycles. The van der Waals surface area contributed by atoms with E-state index in [4.69, 9.17) is 5.26 Å². The van der Waals surface area contributed by atoms with Gasteiger partial charge in [-0.25, -0.2) is 0 Å². The summed E-state index contributed by atoms with van der Waals surface area (Å²) in [5.74, 6) is 0. The number of pyridine rings is 1. The van der Waals surface area contributed by atoms with Gasteiger partial charge in [-0.05, 0) is 45.7 Å². The molecule has 0 unspecified atom stereocenters. The molecule has 1 atom stereocenters. The van der Waals surface area contributed by atoms with Crippen LogP contribution in [0.2, 0.25) is 0 Å². The van der Waals surface area contributed by atoms with Crippen LogP contribution in [-0.4, -0.2) is 24.1 Å². The molecule has 18 heavy (non-hydrogen) atoms. The highest BCUT2D eigenvalue weighted by molar-refractivity contribution is 5.59. The molecule has 0 aromatic carbocycles. The molecule has 1 aliphatic heterocycles. The van der Waals surface area contributed by atoms with Crippen molar-refractivity contribution < 1.29 is 0 Å². The quantitative estimate of drug-likeness (QED) is 0.851. The van der Waals surface area contributed by atoms with E-state index in [1.165, 1.54) is 12.8 Å². The number of nitriles is 1. The molecule has 2 N–H and O–H groups in total. The summed E-state index contributed by atoms with van der Waals surface area (Å²) in [6.45, 7) is 5.88. The molecule has 0 radical (unpaired) electrons. The van der Waals surface area contributed by atoms with Crippen LogP contribution in [0.1, 0.15) is 36.2 Å². The molecule has 2 heterocycles. The molecule has 1 aromatic rings. The average Bonchev–Trinajstić information content (AvgIpc) is 2.81. The predicted octanol–water partition coefficient (Wildman–Crippen LogP) is 2.12. The van der Waals surface area contributed by atoms with Gasteiger partial charge >= 0.3 is 0 Å². The minimum absolute atomic E-state index is 0.632. The Kier molecular flexibility index (Phi) is 4.16. The fourth-order valence-corrected chi connectivity index (χ4v) is 2.49. The third kappa shape index (κ3) is 2.99. The van der Waals surface area contributed by atoms with Gasteiger partial charge in [0.2, 0.25) is 0 Å². The number of nitrogens with zero attached hydrogens (tertiary/aromatic N) is 2. The zero-order chi connectivity index (χ0) is 13.0. The summed E-state index contributed by atoms with van der Waals surface area (Å²) in [6.07, 6.45) is 3.65. The average molecular weight is 244 g/mol. The van der Waals surface area contributed by atoms with Gasteiger partial charge in [0.15, 0.2) is 0 Å². The van der Waals surface area contributed by atoms with Crippen LogP contribution in [-0.2, 0) is 0 Å². The van der Waals surface area contributed by atoms with Crippen LogP contribution >= 0.6 is 0 Å². The van der Waals surface area contributed by atoms with Crippen LogP contribution in [0.25, 0.3) is 0 Å². The number of hydrogen-bond acceptors (Lipinski definition) is 4. The third-order valence-electron chi connectivity index (χ3n) is 3.41. The Morgan fingerprint density at radius 1 is 1.56 bits per heavy atom. The van der Waals surface area contributed by atoms with E-state index < -0.39 is 0 Å². The van der Waals surface area contributed by atoms with Gasteiger partial charge in [0, 0.05) is 18.3 Å². The number of rotatable bonds is 4. The lowest BCUT2D eigenvalue weighted by atomic mass is 10.1. The van der Waals surface area contributed by atoms with Crippen LogP contribution in [0.4, 0.5) is 5.69 Å². The Morgan fingerprint density at radius 3 is 3.06 bits per heavy atom. The number of aromatic nitrogens is 1. The van der Waals surface area contributed by atoms with Crippen molar-refractivity contribution in [3.8, 4) is 6.07 Å². The molecule has 96 valence electrons. The van der Waals surface area contributed by atoms with Gasteiger partial charge in [-0.15, -0.1) is 0 Å². The summed E-state index contributed by atoms with van der Waals surface area (Å²) in [4.78, 5) is 4.32. The molecule has 4 heteroatoms. The third-order valence-corrected chi connectivity index (χ3v) is 3.41. The highest BCUT2D eigenvalue weighted by Crippen LogP contribution is 2.19. The second-order valence-electron chi connectivity index (χ2n) is 4.89. The Labute approximate surface area is 108 Å². The fraction of sp³-hybridized carbons (Fsp3) is 0.571. The first-order chi connectivity index (χ1) is 8.70. The maximum Gasteiger partial charge on any atom is 0.103 e. The van der Waals surface area contributed by atoms with E-state index in [0.29, 0.717) is 11.6 Å². The minimum atomic E-state index is 0.632. The van der Waals surface area contributed by atoms with Crippen LogP contribution in [0.3, 0.4) is 0 Å². The minimum Gasteiger partial charge on any atom is -0.384 e. The lowest BCUT2D eigenvalue weighted by molar-refractivity contribution is 0.574. The number of aryl methyl sites for hydroxylation is 2. The van der Waals surface area contributed by atoms with E-state index in [2.05, 4.69) is 21.7 Å². The number of anilines is 1. The van der Waals surface area contributed by atoms with Gasteiger partial charge in [0.25, 0.3) is 0 Å². The van der Waals surface area contributed by atoms with Crippen molar-refractivity contribution >= 4 is 5.69 Å². The van der Waals surface area contributed by atoms with Crippen LogP contribution < -0.4 is 10.6 Å². The Balaban J connectivity index is 1.97. The predicted molar refractivity (Wildman–Crippen MR) is 72.6 cm³/mol. The van der Waals surface area contributed by atoms with Crippen LogP contribution in [0.5, 0.6) is 0 Å².